The summed E-state index contributed by atoms with van der Waals surface area (Å²) in [6.45, 7) is 7.01. The van der Waals surface area contributed by atoms with Crippen LogP contribution >= 0.6 is 17.0 Å². The van der Waals surface area contributed by atoms with E-state index in [1.807, 2.05) is 0 Å². The first kappa shape index (κ1) is 18.9. The summed E-state index contributed by atoms with van der Waals surface area (Å²) in [6.07, 6.45) is 7.95. The first-order valence-electron chi connectivity index (χ1n) is 9.51. The van der Waals surface area contributed by atoms with Gasteiger partial charge in [0.15, 0.2) is 0 Å². The molecule has 0 aliphatic heterocycles. The van der Waals surface area contributed by atoms with Crippen molar-refractivity contribution in [3.8, 4) is 0 Å². The first-order valence-corrected chi connectivity index (χ1v) is 25.8. The van der Waals surface area contributed by atoms with E-state index < -0.39 is 21.5 Å². The third-order valence-corrected chi connectivity index (χ3v) is 58.4. The molecule has 0 aromatic heterocycles. The Labute approximate surface area is 165 Å². The van der Waals surface area contributed by atoms with Gasteiger partial charge in [-0.25, -0.2) is 0 Å². The third-order valence-electron chi connectivity index (χ3n) is 6.48. The Morgan fingerprint density at radius 3 is 2.19 bits per heavy atom. The molecule has 0 heterocycles. The average molecular weight is 480 g/mol. The molecule has 2 unspecified atom stereocenters. The van der Waals surface area contributed by atoms with Crippen LogP contribution in [0, 0.1) is 0 Å². The number of allylic oxidation sites excluding steroid dienone is 2. The molecule has 4 rings (SSSR count). The molecule has 2 aliphatic carbocycles. The summed E-state index contributed by atoms with van der Waals surface area (Å²) in [5, 5.41) is 0. The van der Waals surface area contributed by atoms with E-state index in [1.54, 1.807) is 0 Å². The van der Waals surface area contributed by atoms with Crippen molar-refractivity contribution in [1.82, 2.24) is 0 Å². The van der Waals surface area contributed by atoms with Crippen LogP contribution in [0.3, 0.4) is 0 Å². The zero-order valence-corrected chi connectivity index (χ0v) is 20.7. The molecule has 2 aromatic rings. The monoisotopic (exact) mass is 477 g/mol. The van der Waals surface area contributed by atoms with Crippen LogP contribution in [0.4, 0.5) is 0 Å². The molecule has 0 amide bonds. The number of hydrogen-bond donors (Lipinski definition) is 0. The zero-order chi connectivity index (χ0) is 18.6. The van der Waals surface area contributed by atoms with Crippen LogP contribution in [0.15, 0.2) is 60.2 Å². The van der Waals surface area contributed by atoms with E-state index in [1.165, 1.54) is 27.8 Å². The summed E-state index contributed by atoms with van der Waals surface area (Å²) in [7, 11) is 15.8. The van der Waals surface area contributed by atoms with Gasteiger partial charge in [0.1, 0.15) is 0 Å². The van der Waals surface area contributed by atoms with Gasteiger partial charge < -0.3 is 0 Å². The van der Waals surface area contributed by atoms with E-state index in [4.69, 9.17) is 17.0 Å². The van der Waals surface area contributed by atoms with Gasteiger partial charge in [0, 0.05) is 0 Å². The number of fused-ring (bicyclic) bond motifs is 2. The molecule has 2 aliphatic rings. The maximum atomic E-state index is 7.92. The molecular formula is C22H25Cl2SiZr. The van der Waals surface area contributed by atoms with E-state index in [9.17, 15) is 0 Å². The molecule has 0 spiro atoms. The van der Waals surface area contributed by atoms with Gasteiger partial charge in [0.05, 0.1) is 0 Å². The van der Waals surface area contributed by atoms with Crippen LogP contribution in [0.1, 0.15) is 42.8 Å². The number of halogens is 2. The quantitative estimate of drug-likeness (QED) is 0.404. The minimum absolute atomic E-state index is 0.216. The topological polar surface area (TPSA) is 0 Å². The van der Waals surface area contributed by atoms with Crippen LogP contribution in [0.25, 0.3) is 12.2 Å². The standard InChI is InChI=1S/C11H11.C9H7.C2H7Si.2ClH.Zr/c1-2-9-7-10-5-3-4-6-11(10)8-9;1-2-5-9-7-3-6-8(9)4-1;1-3-2;;;/h3-8H,2H2,1H3;1-7H;3H,1-2H3;2*1H;/q;;;;;+2/p-2. The molecule has 26 heavy (non-hydrogen) atoms. The molecule has 0 radical (unpaired) electrons. The van der Waals surface area contributed by atoms with Crippen molar-refractivity contribution in [1.29, 1.82) is 0 Å². The SMILES string of the molecule is CCC1=Cc2ccccc2[CH]1[Zr]([Cl])([Cl])([CH]1C=Cc2ccccc21)[SiH](C)C. The Balaban J connectivity index is 1.96. The van der Waals surface area contributed by atoms with Crippen molar-refractivity contribution in [2.75, 3.05) is 0 Å². The fraction of sp³-hybridized carbons (Fsp3) is 0.273. The van der Waals surface area contributed by atoms with Crippen LogP contribution in [0.5, 0.6) is 0 Å². The van der Waals surface area contributed by atoms with Crippen LogP contribution in [0.2, 0.25) is 13.1 Å². The van der Waals surface area contributed by atoms with Gasteiger partial charge in [-0.15, -0.1) is 0 Å². The molecule has 0 saturated heterocycles. The average Bonchev–Trinajstić information content (AvgIpc) is 3.23. The Kier molecular flexibility index (Phi) is 4.80. The third kappa shape index (κ3) is 2.56. The van der Waals surface area contributed by atoms with Crippen molar-refractivity contribution >= 4 is 35.1 Å². The number of hydrogen-bond acceptors (Lipinski definition) is 0. The Bertz CT molecular complexity index is 929. The van der Waals surface area contributed by atoms with E-state index in [-0.39, 0.29) is 7.25 Å². The van der Waals surface area contributed by atoms with Crippen molar-refractivity contribution in [2.24, 2.45) is 0 Å². The van der Waals surface area contributed by atoms with Gasteiger partial charge in [-0.05, 0) is 0 Å². The molecule has 0 nitrogen and oxygen atoms in total. The van der Waals surface area contributed by atoms with Gasteiger partial charge in [0.25, 0.3) is 0 Å². The van der Waals surface area contributed by atoms with E-state index in [0.717, 1.165) is 6.42 Å². The van der Waals surface area contributed by atoms with Crippen LogP contribution < -0.4 is 0 Å². The Morgan fingerprint density at radius 1 is 0.923 bits per heavy atom. The number of benzene rings is 2. The minimum atomic E-state index is -4.27. The first-order chi connectivity index (χ1) is 12.4. The molecule has 0 fully saturated rings. The second-order valence-electron chi connectivity index (χ2n) is 7.98. The zero-order valence-electron chi connectivity index (χ0n) is 15.5. The molecule has 4 heteroatoms. The number of rotatable bonds is 4. The summed E-state index contributed by atoms with van der Waals surface area (Å²) in [6, 6.07) is 17.4. The predicted octanol–water partition coefficient (Wildman–Crippen LogP) is 7.28. The fourth-order valence-electron chi connectivity index (χ4n) is 4.95. The van der Waals surface area contributed by atoms with E-state index >= 15 is 0 Å². The predicted molar refractivity (Wildman–Crippen MR) is 116 cm³/mol. The van der Waals surface area contributed by atoms with Crippen molar-refractivity contribution in [2.45, 2.75) is 33.7 Å². The van der Waals surface area contributed by atoms with Gasteiger partial charge >= 0.3 is 167 Å². The summed E-state index contributed by atoms with van der Waals surface area (Å²) in [5.74, 6) is -1.34. The van der Waals surface area contributed by atoms with Crippen LogP contribution in [-0.2, 0) is 15.6 Å². The van der Waals surface area contributed by atoms with Crippen molar-refractivity contribution in [3.05, 3.63) is 82.4 Å². The van der Waals surface area contributed by atoms with Gasteiger partial charge in [0.2, 0.25) is 0 Å². The van der Waals surface area contributed by atoms with Gasteiger partial charge in [-0.3, -0.25) is 0 Å². The maximum absolute atomic E-state index is 7.92. The van der Waals surface area contributed by atoms with E-state index in [0.29, 0.717) is 0 Å². The summed E-state index contributed by atoms with van der Waals surface area (Å²) >= 11 is -4.27. The second-order valence-corrected chi connectivity index (χ2v) is 50.6. The molecule has 0 saturated carbocycles. The summed E-state index contributed by atoms with van der Waals surface area (Å²) in [4.78, 5) is 0. The molecule has 135 valence electrons. The molecule has 2 atom stereocenters. The molecule has 0 N–H and O–H groups in total. The van der Waals surface area contributed by atoms with Crippen LogP contribution in [-0.4, -0.2) is 5.92 Å². The van der Waals surface area contributed by atoms with Crippen molar-refractivity contribution < 1.29 is 15.6 Å². The summed E-state index contributed by atoms with van der Waals surface area (Å²) < 4.78 is 0.460. The Hall–Kier alpha value is -0.400. The molecule has 2 aromatic carbocycles. The van der Waals surface area contributed by atoms with E-state index in [2.05, 4.69) is 86.8 Å². The second kappa shape index (κ2) is 6.59. The van der Waals surface area contributed by atoms with Gasteiger partial charge in [-0.2, -0.15) is 0 Å². The van der Waals surface area contributed by atoms with Gasteiger partial charge in [-0.1, -0.05) is 0 Å². The van der Waals surface area contributed by atoms with Crippen molar-refractivity contribution in [3.63, 3.8) is 0 Å². The Morgan fingerprint density at radius 2 is 1.54 bits per heavy atom. The summed E-state index contributed by atoms with van der Waals surface area (Å²) in [5.41, 5.74) is 6.78. The molecule has 0 bridgehead atoms. The normalized spacial score (nSPS) is 22.7. The molecular weight excluding hydrogens is 454 g/mol. The fourth-order valence-corrected chi connectivity index (χ4v) is 34.6.